The minimum Gasteiger partial charge on any atom is -0.493 e. The van der Waals surface area contributed by atoms with Crippen LogP contribution in [0.25, 0.3) is 0 Å². The Morgan fingerprint density at radius 3 is 2.45 bits per heavy atom. The van der Waals surface area contributed by atoms with Crippen molar-refractivity contribution >= 4 is 5.91 Å². The molecule has 2 fully saturated rings. The maximum absolute atomic E-state index is 12.8. The van der Waals surface area contributed by atoms with E-state index in [1.54, 1.807) is 19.1 Å². The van der Waals surface area contributed by atoms with Crippen LogP contribution in [0.1, 0.15) is 45.1 Å². The fraction of sp³-hybridized carbons (Fsp3) is 0.696. The normalized spacial score (nSPS) is 28.4. The van der Waals surface area contributed by atoms with Crippen LogP contribution in [0.15, 0.2) is 18.2 Å². The molecule has 3 N–H and O–H groups in total. The highest BCUT2D eigenvalue weighted by molar-refractivity contribution is 5.80. The minimum atomic E-state index is 0.0340. The summed E-state index contributed by atoms with van der Waals surface area (Å²) < 4.78 is 10.8. The smallest absolute Gasteiger partial charge is 0.278 e. The minimum absolute atomic E-state index is 0.0340. The monoisotopic (exact) mass is 405 g/mol. The van der Waals surface area contributed by atoms with Gasteiger partial charge in [-0.15, -0.1) is 0 Å². The Kier molecular flexibility index (Phi) is 7.78. The number of carbonyl (C=O) groups is 1. The molecule has 1 amide bonds. The van der Waals surface area contributed by atoms with Crippen molar-refractivity contribution in [3.05, 3.63) is 23.8 Å². The molecule has 0 unspecified atom stereocenters. The lowest BCUT2D eigenvalue weighted by atomic mass is 9.86. The van der Waals surface area contributed by atoms with Gasteiger partial charge in [-0.05, 0) is 43.9 Å². The first kappa shape index (κ1) is 21.9. The van der Waals surface area contributed by atoms with E-state index in [0.29, 0.717) is 12.0 Å². The van der Waals surface area contributed by atoms with E-state index in [1.807, 2.05) is 6.07 Å². The van der Waals surface area contributed by atoms with Gasteiger partial charge in [-0.25, -0.2) is 0 Å². The van der Waals surface area contributed by atoms with Crippen molar-refractivity contribution in [2.75, 3.05) is 40.4 Å². The van der Waals surface area contributed by atoms with Crippen LogP contribution in [0.3, 0.4) is 0 Å². The molecule has 3 rings (SSSR count). The number of hydrogen-bond donors (Lipinski definition) is 3. The van der Waals surface area contributed by atoms with Crippen molar-refractivity contribution in [2.24, 2.45) is 5.92 Å². The zero-order valence-corrected chi connectivity index (χ0v) is 18.6. The molecule has 2 aliphatic rings. The summed E-state index contributed by atoms with van der Waals surface area (Å²) in [6, 6.07) is 6.58. The van der Waals surface area contributed by atoms with Crippen LogP contribution in [0, 0.1) is 5.92 Å². The van der Waals surface area contributed by atoms with Crippen LogP contribution in [-0.2, 0) is 11.3 Å². The van der Waals surface area contributed by atoms with Crippen LogP contribution in [0.2, 0.25) is 0 Å². The molecule has 1 aliphatic carbocycles. The standard InChI is InChI=1S/C23H37N3O3/c1-17-7-5-6-8-20(17)24-23(27)18(2)26-13-11-25(12-14-26)16-19-9-10-21(28-3)22(15-19)29-4/h9-10,15,17-18,20H,5-8,11-14,16H2,1-4H3,(H,24,27)/p+2/t17-,18-,20-/m1/s1. The maximum Gasteiger partial charge on any atom is 0.278 e. The van der Waals surface area contributed by atoms with Crippen molar-refractivity contribution in [3.8, 4) is 11.5 Å². The van der Waals surface area contributed by atoms with E-state index in [-0.39, 0.29) is 11.9 Å². The topological polar surface area (TPSA) is 56.4 Å². The summed E-state index contributed by atoms with van der Waals surface area (Å²) in [7, 11) is 3.34. The van der Waals surface area contributed by atoms with Crippen molar-refractivity contribution in [1.82, 2.24) is 5.32 Å². The number of ether oxygens (including phenoxy) is 2. The Morgan fingerprint density at radius 1 is 1.10 bits per heavy atom. The van der Waals surface area contributed by atoms with Gasteiger partial charge in [0.2, 0.25) is 0 Å². The van der Waals surface area contributed by atoms with Crippen molar-refractivity contribution in [2.45, 2.75) is 58.2 Å². The van der Waals surface area contributed by atoms with Gasteiger partial charge in [-0.3, -0.25) is 4.79 Å². The van der Waals surface area contributed by atoms with Gasteiger partial charge in [0.1, 0.15) is 32.7 Å². The molecule has 29 heavy (non-hydrogen) atoms. The van der Waals surface area contributed by atoms with Gasteiger partial charge in [-0.1, -0.05) is 19.8 Å². The van der Waals surface area contributed by atoms with Crippen molar-refractivity contribution in [3.63, 3.8) is 0 Å². The summed E-state index contributed by atoms with van der Waals surface area (Å²) in [4.78, 5) is 15.8. The average molecular weight is 406 g/mol. The van der Waals surface area contributed by atoms with Crippen LogP contribution in [0.4, 0.5) is 0 Å². The Hall–Kier alpha value is -1.79. The quantitative estimate of drug-likeness (QED) is 0.602. The van der Waals surface area contributed by atoms with Gasteiger partial charge in [0, 0.05) is 11.6 Å². The summed E-state index contributed by atoms with van der Waals surface area (Å²) in [5, 5.41) is 3.35. The molecule has 1 aromatic carbocycles. The number of quaternary nitrogens is 2. The second kappa shape index (κ2) is 10.3. The summed E-state index contributed by atoms with van der Waals surface area (Å²) in [5.74, 6) is 2.41. The third kappa shape index (κ3) is 5.64. The number of benzene rings is 1. The van der Waals surface area contributed by atoms with E-state index in [4.69, 9.17) is 9.47 Å². The molecular formula is C23H39N3O3+2. The fourth-order valence-electron chi connectivity index (χ4n) is 4.84. The number of carbonyl (C=O) groups excluding carboxylic acids is 1. The Bertz CT molecular complexity index is 673. The maximum atomic E-state index is 12.8. The molecule has 0 spiro atoms. The van der Waals surface area contributed by atoms with E-state index in [0.717, 1.165) is 50.6 Å². The largest absolute Gasteiger partial charge is 0.493 e. The molecule has 6 heteroatoms. The molecule has 1 aliphatic heterocycles. The van der Waals surface area contributed by atoms with E-state index in [2.05, 4.69) is 31.3 Å². The average Bonchev–Trinajstić information content (AvgIpc) is 2.75. The number of piperazine rings is 1. The SMILES string of the molecule is COc1ccc(C[NH+]2CC[NH+]([C@H](C)C(=O)N[C@@H]3CCCC[C@H]3C)CC2)cc1OC. The molecule has 162 valence electrons. The lowest BCUT2D eigenvalue weighted by Gasteiger charge is -2.35. The van der Waals surface area contributed by atoms with Crippen molar-refractivity contribution in [1.29, 1.82) is 0 Å². The molecule has 1 saturated carbocycles. The summed E-state index contributed by atoms with van der Waals surface area (Å²) >= 11 is 0. The number of amides is 1. The number of nitrogens with one attached hydrogen (secondary N) is 3. The van der Waals surface area contributed by atoms with Crippen LogP contribution in [0.5, 0.6) is 11.5 Å². The first-order valence-corrected chi connectivity index (χ1v) is 11.2. The molecule has 1 saturated heterocycles. The first-order valence-electron chi connectivity index (χ1n) is 11.2. The highest BCUT2D eigenvalue weighted by atomic mass is 16.5. The highest BCUT2D eigenvalue weighted by Crippen LogP contribution is 2.27. The number of hydrogen-bond acceptors (Lipinski definition) is 3. The second-order valence-electron chi connectivity index (χ2n) is 8.87. The van der Waals surface area contributed by atoms with Gasteiger partial charge in [0.25, 0.3) is 5.91 Å². The Balaban J connectivity index is 1.47. The third-order valence-electron chi connectivity index (χ3n) is 6.95. The molecule has 1 aromatic rings. The van der Waals surface area contributed by atoms with E-state index in [1.165, 1.54) is 29.7 Å². The molecule has 3 atom stereocenters. The molecule has 0 radical (unpaired) electrons. The lowest BCUT2D eigenvalue weighted by Crippen LogP contribution is -3.29. The summed E-state index contributed by atoms with van der Waals surface area (Å²) in [6.45, 7) is 9.60. The van der Waals surface area contributed by atoms with Crippen molar-refractivity contribution < 1.29 is 24.1 Å². The Morgan fingerprint density at radius 2 is 1.79 bits per heavy atom. The number of methoxy groups -OCH3 is 2. The third-order valence-corrected chi connectivity index (χ3v) is 6.95. The van der Waals surface area contributed by atoms with Crippen LogP contribution in [-0.4, -0.2) is 58.4 Å². The first-order chi connectivity index (χ1) is 14.0. The van der Waals surface area contributed by atoms with Gasteiger partial charge in [-0.2, -0.15) is 0 Å². The molecule has 0 aromatic heterocycles. The summed E-state index contributed by atoms with van der Waals surface area (Å²) in [6.07, 6.45) is 4.93. The zero-order chi connectivity index (χ0) is 20.8. The number of rotatable bonds is 7. The Labute approximate surface area is 175 Å². The van der Waals surface area contributed by atoms with E-state index >= 15 is 0 Å². The van der Waals surface area contributed by atoms with Gasteiger partial charge in [0.15, 0.2) is 17.5 Å². The predicted octanol–water partition coefficient (Wildman–Crippen LogP) is 0.0706. The molecular weight excluding hydrogens is 366 g/mol. The second-order valence-corrected chi connectivity index (χ2v) is 8.87. The van der Waals surface area contributed by atoms with Gasteiger partial charge in [0.05, 0.1) is 14.2 Å². The highest BCUT2D eigenvalue weighted by Gasteiger charge is 2.33. The van der Waals surface area contributed by atoms with Gasteiger partial charge >= 0.3 is 0 Å². The molecule has 1 heterocycles. The fourth-order valence-corrected chi connectivity index (χ4v) is 4.84. The van der Waals surface area contributed by atoms with Crippen LogP contribution >= 0.6 is 0 Å². The lowest BCUT2D eigenvalue weighted by molar-refractivity contribution is -1.02. The summed E-state index contributed by atoms with van der Waals surface area (Å²) in [5.41, 5.74) is 1.26. The molecule has 6 nitrogen and oxygen atoms in total. The van der Waals surface area contributed by atoms with Crippen LogP contribution < -0.4 is 24.6 Å². The van der Waals surface area contributed by atoms with Gasteiger partial charge < -0.3 is 24.6 Å². The molecule has 0 bridgehead atoms. The zero-order valence-electron chi connectivity index (χ0n) is 18.6. The van der Waals surface area contributed by atoms with E-state index < -0.39 is 0 Å². The predicted molar refractivity (Wildman–Crippen MR) is 114 cm³/mol. The van der Waals surface area contributed by atoms with E-state index in [9.17, 15) is 4.79 Å².